The molecule has 0 spiro atoms. The van der Waals surface area contributed by atoms with E-state index in [4.69, 9.17) is 0 Å². The number of hydrogen-bond acceptors (Lipinski definition) is 4. The number of nitrogens with zero attached hydrogens (tertiary/aromatic N) is 2. The first-order valence-electron chi connectivity index (χ1n) is 9.80. The molecule has 0 aliphatic rings. The van der Waals surface area contributed by atoms with Crippen LogP contribution in [0.25, 0.3) is 0 Å². The molecule has 3 aromatic rings. The van der Waals surface area contributed by atoms with Crippen LogP contribution in [-0.2, 0) is 31.9 Å². The van der Waals surface area contributed by atoms with Gasteiger partial charge in [-0.2, -0.15) is 0 Å². The van der Waals surface area contributed by atoms with Crippen molar-refractivity contribution in [3.8, 4) is 0 Å². The van der Waals surface area contributed by atoms with Crippen molar-refractivity contribution in [1.82, 2.24) is 19.8 Å². The monoisotopic (exact) mass is 420 g/mol. The van der Waals surface area contributed by atoms with Crippen molar-refractivity contribution in [2.24, 2.45) is 14.1 Å². The van der Waals surface area contributed by atoms with Gasteiger partial charge in [0.05, 0.1) is 6.54 Å². The zero-order valence-corrected chi connectivity index (χ0v) is 17.4. The minimum Gasteiger partial charge on any atom is -0.349 e. The molecule has 0 aliphatic carbocycles. The molecular weight excluding hydrogens is 396 g/mol. The van der Waals surface area contributed by atoms with Crippen LogP contribution >= 0.6 is 0 Å². The Bertz CT molecular complexity index is 1180. The molecule has 1 atom stereocenters. The highest BCUT2D eigenvalue weighted by molar-refractivity contribution is 5.97. The summed E-state index contributed by atoms with van der Waals surface area (Å²) < 4.78 is 2.29. The quantitative estimate of drug-likeness (QED) is 0.589. The van der Waals surface area contributed by atoms with Gasteiger partial charge >= 0.3 is 5.69 Å². The molecule has 1 heterocycles. The number of aromatic nitrogens is 2. The fraction of sp³-hybridized carbons (Fsp3) is 0.217. The van der Waals surface area contributed by atoms with Gasteiger partial charge in [-0.05, 0) is 17.7 Å². The van der Waals surface area contributed by atoms with Gasteiger partial charge in [-0.15, -0.1) is 0 Å². The molecule has 0 saturated heterocycles. The average molecular weight is 420 g/mol. The lowest BCUT2D eigenvalue weighted by Crippen LogP contribution is -2.48. The highest BCUT2D eigenvalue weighted by Crippen LogP contribution is 2.06. The first-order valence-corrected chi connectivity index (χ1v) is 9.80. The third-order valence-corrected chi connectivity index (χ3v) is 5.01. The van der Waals surface area contributed by atoms with Crippen LogP contribution in [0.2, 0.25) is 0 Å². The van der Waals surface area contributed by atoms with Crippen LogP contribution < -0.4 is 21.9 Å². The van der Waals surface area contributed by atoms with Gasteiger partial charge in [-0.3, -0.25) is 23.5 Å². The van der Waals surface area contributed by atoms with Gasteiger partial charge in [-0.25, -0.2) is 4.79 Å². The van der Waals surface area contributed by atoms with Gasteiger partial charge in [0.15, 0.2) is 0 Å². The van der Waals surface area contributed by atoms with E-state index in [2.05, 4.69) is 10.6 Å². The maximum Gasteiger partial charge on any atom is 0.330 e. The van der Waals surface area contributed by atoms with Crippen LogP contribution in [0.1, 0.15) is 21.6 Å². The Hall–Kier alpha value is -3.94. The molecule has 8 nitrogen and oxygen atoms in total. The van der Waals surface area contributed by atoms with Gasteiger partial charge in [0.25, 0.3) is 11.5 Å². The Morgan fingerprint density at radius 1 is 0.903 bits per heavy atom. The molecular formula is C23H24N4O4. The number of nitrogens with one attached hydrogen (secondary N) is 2. The molecule has 0 fully saturated rings. The molecule has 31 heavy (non-hydrogen) atoms. The molecule has 0 bridgehead atoms. The van der Waals surface area contributed by atoms with Crippen LogP contribution in [0, 0.1) is 0 Å². The molecule has 0 aliphatic heterocycles. The summed E-state index contributed by atoms with van der Waals surface area (Å²) in [5, 5.41) is 5.51. The minimum atomic E-state index is -0.835. The average Bonchev–Trinajstić information content (AvgIpc) is 2.79. The van der Waals surface area contributed by atoms with Gasteiger partial charge in [-0.1, -0.05) is 48.5 Å². The van der Waals surface area contributed by atoms with E-state index in [1.165, 1.54) is 24.7 Å². The largest absolute Gasteiger partial charge is 0.349 e. The summed E-state index contributed by atoms with van der Waals surface area (Å²) in [5.74, 6) is -0.779. The number of carbonyl (C=O) groups excluding carboxylic acids is 2. The van der Waals surface area contributed by atoms with Gasteiger partial charge < -0.3 is 10.6 Å². The fourth-order valence-electron chi connectivity index (χ4n) is 3.14. The number of rotatable bonds is 7. The maximum absolute atomic E-state index is 12.9. The van der Waals surface area contributed by atoms with E-state index in [0.717, 1.165) is 10.1 Å². The summed E-state index contributed by atoms with van der Waals surface area (Å²) in [6.45, 7) is -0.0207. The van der Waals surface area contributed by atoms with Crippen LogP contribution in [0.3, 0.4) is 0 Å². The summed E-state index contributed by atoms with van der Waals surface area (Å²) in [7, 11) is 2.92. The Kier molecular flexibility index (Phi) is 6.81. The lowest BCUT2D eigenvalue weighted by Gasteiger charge is -2.19. The van der Waals surface area contributed by atoms with Crippen LogP contribution in [0.4, 0.5) is 0 Å². The zero-order chi connectivity index (χ0) is 22.4. The molecule has 160 valence electrons. The van der Waals surface area contributed by atoms with E-state index in [1.807, 2.05) is 30.3 Å². The van der Waals surface area contributed by atoms with Crippen molar-refractivity contribution in [3.05, 3.63) is 104 Å². The summed E-state index contributed by atoms with van der Waals surface area (Å²) in [6.07, 6.45) is 0.292. The van der Waals surface area contributed by atoms with Gasteiger partial charge in [0.2, 0.25) is 5.91 Å². The first kappa shape index (κ1) is 21.8. The third kappa shape index (κ3) is 5.36. The van der Waals surface area contributed by atoms with E-state index in [-0.39, 0.29) is 12.5 Å². The number of amides is 2. The number of benzene rings is 2. The summed E-state index contributed by atoms with van der Waals surface area (Å²) >= 11 is 0. The van der Waals surface area contributed by atoms with E-state index in [1.54, 1.807) is 30.3 Å². The van der Waals surface area contributed by atoms with Crippen molar-refractivity contribution in [2.75, 3.05) is 0 Å². The normalized spacial score (nSPS) is 11.5. The van der Waals surface area contributed by atoms with Crippen molar-refractivity contribution >= 4 is 11.8 Å². The van der Waals surface area contributed by atoms with Crippen molar-refractivity contribution in [3.63, 3.8) is 0 Å². The molecule has 3 rings (SSSR count). The maximum atomic E-state index is 12.9. The standard InChI is InChI=1S/C23H24N4O4/c1-26-18(14-20(28)27(2)23(26)31)15-24-22(30)19(13-16-9-5-3-6-10-16)25-21(29)17-11-7-4-8-12-17/h3-12,14,19H,13,15H2,1-2H3,(H,24,30)(H,25,29)/t19-/m1/s1. The molecule has 0 saturated carbocycles. The minimum absolute atomic E-state index is 0.0207. The lowest BCUT2D eigenvalue weighted by molar-refractivity contribution is -0.123. The Balaban J connectivity index is 1.78. The van der Waals surface area contributed by atoms with Crippen LogP contribution in [0.15, 0.2) is 76.3 Å². The topological polar surface area (TPSA) is 102 Å². The predicted molar refractivity (Wildman–Crippen MR) is 117 cm³/mol. The number of hydrogen-bond donors (Lipinski definition) is 2. The summed E-state index contributed by atoms with van der Waals surface area (Å²) in [5.41, 5.74) is 0.772. The SMILES string of the molecule is Cn1c(CNC(=O)[C@@H](Cc2ccccc2)NC(=O)c2ccccc2)cc(=O)n(C)c1=O. The molecule has 2 aromatic carbocycles. The van der Waals surface area contributed by atoms with Crippen LogP contribution in [0.5, 0.6) is 0 Å². The second-order valence-electron chi connectivity index (χ2n) is 7.17. The van der Waals surface area contributed by atoms with Crippen molar-refractivity contribution in [1.29, 1.82) is 0 Å². The van der Waals surface area contributed by atoms with Crippen LogP contribution in [-0.4, -0.2) is 27.0 Å². The predicted octanol–water partition coefficient (Wildman–Crippen LogP) is 0.741. The Morgan fingerprint density at radius 3 is 2.16 bits per heavy atom. The van der Waals surface area contributed by atoms with E-state index >= 15 is 0 Å². The molecule has 2 N–H and O–H groups in total. The van der Waals surface area contributed by atoms with E-state index in [0.29, 0.717) is 17.7 Å². The first-order chi connectivity index (χ1) is 14.9. The van der Waals surface area contributed by atoms with Gasteiger partial charge in [0, 0.05) is 37.8 Å². The Morgan fingerprint density at radius 2 is 1.52 bits per heavy atom. The highest BCUT2D eigenvalue weighted by Gasteiger charge is 2.22. The molecule has 0 radical (unpaired) electrons. The second-order valence-corrected chi connectivity index (χ2v) is 7.17. The molecule has 0 unspecified atom stereocenters. The molecule has 2 amide bonds. The molecule has 8 heteroatoms. The van der Waals surface area contributed by atoms with E-state index < -0.39 is 23.2 Å². The second kappa shape index (κ2) is 9.71. The van der Waals surface area contributed by atoms with Crippen molar-refractivity contribution < 1.29 is 9.59 Å². The Labute approximate surface area is 179 Å². The lowest BCUT2D eigenvalue weighted by atomic mass is 10.0. The highest BCUT2D eigenvalue weighted by atomic mass is 16.2. The third-order valence-electron chi connectivity index (χ3n) is 5.01. The summed E-state index contributed by atoms with van der Waals surface area (Å²) in [6, 6.07) is 18.4. The smallest absolute Gasteiger partial charge is 0.330 e. The summed E-state index contributed by atoms with van der Waals surface area (Å²) in [4.78, 5) is 49.6. The number of carbonyl (C=O) groups is 2. The fourth-order valence-corrected chi connectivity index (χ4v) is 3.14. The van der Waals surface area contributed by atoms with Gasteiger partial charge in [0.1, 0.15) is 6.04 Å². The molecule has 1 aromatic heterocycles. The zero-order valence-electron chi connectivity index (χ0n) is 17.4. The van der Waals surface area contributed by atoms with E-state index in [9.17, 15) is 19.2 Å². The van der Waals surface area contributed by atoms with Crippen molar-refractivity contribution in [2.45, 2.75) is 19.0 Å².